The zero-order chi connectivity index (χ0) is 16.4. The van der Waals surface area contributed by atoms with Gasteiger partial charge in [-0.1, -0.05) is 23.7 Å². The van der Waals surface area contributed by atoms with E-state index >= 15 is 0 Å². The summed E-state index contributed by atoms with van der Waals surface area (Å²) in [4.78, 5) is 12.3. The highest BCUT2D eigenvalue weighted by atomic mass is 35.5. The van der Waals surface area contributed by atoms with Crippen molar-refractivity contribution in [2.45, 2.75) is 13.0 Å². The van der Waals surface area contributed by atoms with E-state index in [1.807, 2.05) is 60.3 Å². The summed E-state index contributed by atoms with van der Waals surface area (Å²) in [6, 6.07) is 11.9. The van der Waals surface area contributed by atoms with Gasteiger partial charge in [0.15, 0.2) is 0 Å². The van der Waals surface area contributed by atoms with E-state index in [0.29, 0.717) is 10.7 Å². The third-order valence-electron chi connectivity index (χ3n) is 3.75. The van der Waals surface area contributed by atoms with E-state index in [1.165, 1.54) is 10.9 Å². The number of carbonyl (C=O) groups excluding carboxylic acids is 1. The summed E-state index contributed by atoms with van der Waals surface area (Å²) in [6.45, 7) is 1.94. The first-order valence-corrected chi connectivity index (χ1v) is 7.65. The maximum Gasteiger partial charge on any atom is 0.271 e. The molecule has 6 heteroatoms. The molecule has 0 saturated carbocycles. The minimum Gasteiger partial charge on any atom is -0.344 e. The maximum atomic E-state index is 12.3. The molecule has 1 N–H and O–H groups in total. The van der Waals surface area contributed by atoms with Crippen molar-refractivity contribution in [3.8, 4) is 5.69 Å². The number of aromatic nitrogens is 3. The molecule has 2 heterocycles. The average molecular weight is 329 g/mol. The van der Waals surface area contributed by atoms with Crippen molar-refractivity contribution in [1.29, 1.82) is 0 Å². The third kappa shape index (κ3) is 3.14. The highest BCUT2D eigenvalue weighted by Crippen LogP contribution is 2.18. The van der Waals surface area contributed by atoms with Gasteiger partial charge in [-0.2, -0.15) is 5.10 Å². The number of carbonyl (C=O) groups is 1. The van der Waals surface area contributed by atoms with Crippen LogP contribution in [0.5, 0.6) is 0 Å². The Balaban J connectivity index is 1.73. The summed E-state index contributed by atoms with van der Waals surface area (Å²) in [5.41, 5.74) is 2.46. The van der Waals surface area contributed by atoms with Gasteiger partial charge >= 0.3 is 0 Å². The van der Waals surface area contributed by atoms with Gasteiger partial charge in [-0.25, -0.2) is 0 Å². The van der Waals surface area contributed by atoms with Gasteiger partial charge in [-0.05, 0) is 36.8 Å². The Bertz CT molecular complexity index is 786. The molecule has 0 spiro atoms. The first-order valence-electron chi connectivity index (χ1n) is 7.28. The second kappa shape index (κ2) is 6.30. The molecule has 3 rings (SSSR count). The zero-order valence-corrected chi connectivity index (χ0v) is 13.7. The molecule has 1 atom stereocenters. The van der Waals surface area contributed by atoms with Crippen LogP contribution in [0.25, 0.3) is 5.69 Å². The Morgan fingerprint density at radius 2 is 1.87 bits per heavy atom. The molecule has 1 unspecified atom stereocenters. The lowest BCUT2D eigenvalue weighted by Gasteiger charge is -2.15. The second-order valence-electron chi connectivity index (χ2n) is 5.34. The first-order chi connectivity index (χ1) is 11.1. The van der Waals surface area contributed by atoms with Crippen LogP contribution < -0.4 is 5.32 Å². The highest BCUT2D eigenvalue weighted by Gasteiger charge is 2.18. The van der Waals surface area contributed by atoms with Gasteiger partial charge in [0.2, 0.25) is 0 Å². The summed E-state index contributed by atoms with van der Waals surface area (Å²) in [6.07, 6.45) is 5.45. The van der Waals surface area contributed by atoms with Crippen molar-refractivity contribution in [3.05, 3.63) is 71.3 Å². The average Bonchev–Trinajstić information content (AvgIpc) is 3.17. The molecule has 0 radical (unpaired) electrons. The molecule has 0 aliphatic rings. The molecule has 0 bridgehead atoms. The molecule has 0 fully saturated rings. The molecular weight excluding hydrogens is 312 g/mol. The number of amides is 1. The van der Waals surface area contributed by atoms with Gasteiger partial charge in [0.25, 0.3) is 5.91 Å². The molecule has 118 valence electrons. The van der Waals surface area contributed by atoms with E-state index in [-0.39, 0.29) is 11.9 Å². The van der Waals surface area contributed by atoms with Crippen molar-refractivity contribution in [3.63, 3.8) is 0 Å². The van der Waals surface area contributed by atoms with Crippen molar-refractivity contribution in [2.24, 2.45) is 7.05 Å². The summed E-state index contributed by atoms with van der Waals surface area (Å²) in [7, 11) is 1.69. The van der Waals surface area contributed by atoms with Crippen LogP contribution in [0, 0.1) is 0 Å². The van der Waals surface area contributed by atoms with Crippen molar-refractivity contribution >= 4 is 17.5 Å². The van der Waals surface area contributed by atoms with Crippen LogP contribution in [-0.2, 0) is 7.05 Å². The summed E-state index contributed by atoms with van der Waals surface area (Å²) >= 11 is 6.00. The lowest BCUT2D eigenvalue weighted by atomic mass is 10.1. The number of benzene rings is 1. The lowest BCUT2D eigenvalue weighted by Crippen LogP contribution is -2.28. The van der Waals surface area contributed by atoms with Gasteiger partial charge in [0.05, 0.1) is 17.3 Å². The normalized spacial score (nSPS) is 12.1. The molecule has 1 aromatic carbocycles. The van der Waals surface area contributed by atoms with Crippen molar-refractivity contribution in [2.75, 3.05) is 0 Å². The number of rotatable bonds is 4. The van der Waals surface area contributed by atoms with E-state index in [2.05, 4.69) is 10.4 Å². The lowest BCUT2D eigenvalue weighted by molar-refractivity contribution is 0.0930. The summed E-state index contributed by atoms with van der Waals surface area (Å²) < 4.78 is 3.50. The van der Waals surface area contributed by atoms with E-state index in [4.69, 9.17) is 11.6 Å². The smallest absolute Gasteiger partial charge is 0.271 e. The SMILES string of the molecule is CC(NC(=O)c1c(Cl)cnn1C)c1ccc(-n2cccc2)cc1. The Morgan fingerprint density at radius 3 is 2.43 bits per heavy atom. The largest absolute Gasteiger partial charge is 0.344 e. The Labute approximate surface area is 139 Å². The molecule has 3 aromatic rings. The monoisotopic (exact) mass is 328 g/mol. The van der Waals surface area contributed by atoms with Crippen LogP contribution >= 0.6 is 11.6 Å². The van der Waals surface area contributed by atoms with Gasteiger partial charge in [0.1, 0.15) is 5.69 Å². The van der Waals surface area contributed by atoms with Crippen LogP contribution in [0.15, 0.2) is 55.0 Å². The predicted octanol–water partition coefficient (Wildman–Crippen LogP) is 3.36. The Hall–Kier alpha value is -2.53. The first kappa shape index (κ1) is 15.4. The number of halogens is 1. The fourth-order valence-electron chi connectivity index (χ4n) is 2.46. The molecular formula is C17H17ClN4O. The quantitative estimate of drug-likeness (QED) is 0.798. The third-order valence-corrected chi connectivity index (χ3v) is 4.03. The van der Waals surface area contributed by atoms with Crippen molar-refractivity contribution in [1.82, 2.24) is 19.7 Å². The van der Waals surface area contributed by atoms with Crippen LogP contribution in [0.1, 0.15) is 29.0 Å². The molecule has 0 aliphatic carbocycles. The fourth-order valence-corrected chi connectivity index (χ4v) is 2.71. The van der Waals surface area contributed by atoms with Gasteiger partial charge in [-0.3, -0.25) is 9.48 Å². The van der Waals surface area contributed by atoms with Gasteiger partial charge in [-0.15, -0.1) is 0 Å². The molecule has 5 nitrogen and oxygen atoms in total. The second-order valence-corrected chi connectivity index (χ2v) is 5.75. The molecule has 1 amide bonds. The number of hydrogen-bond acceptors (Lipinski definition) is 2. The molecule has 23 heavy (non-hydrogen) atoms. The number of aryl methyl sites for hydroxylation is 1. The van der Waals surface area contributed by atoms with E-state index < -0.39 is 0 Å². The highest BCUT2D eigenvalue weighted by molar-refractivity contribution is 6.33. The van der Waals surface area contributed by atoms with E-state index in [9.17, 15) is 4.79 Å². The summed E-state index contributed by atoms with van der Waals surface area (Å²) in [5.74, 6) is -0.239. The maximum absolute atomic E-state index is 12.3. The number of nitrogens with one attached hydrogen (secondary N) is 1. The van der Waals surface area contributed by atoms with E-state index in [0.717, 1.165) is 11.3 Å². The van der Waals surface area contributed by atoms with Crippen LogP contribution in [0.3, 0.4) is 0 Å². The van der Waals surface area contributed by atoms with Crippen LogP contribution in [-0.4, -0.2) is 20.3 Å². The Morgan fingerprint density at radius 1 is 1.22 bits per heavy atom. The summed E-state index contributed by atoms with van der Waals surface area (Å²) in [5, 5.41) is 7.27. The molecule has 0 saturated heterocycles. The Kier molecular flexibility index (Phi) is 4.21. The van der Waals surface area contributed by atoms with Crippen molar-refractivity contribution < 1.29 is 4.79 Å². The molecule has 0 aliphatic heterocycles. The predicted molar refractivity (Wildman–Crippen MR) is 89.9 cm³/mol. The van der Waals surface area contributed by atoms with Crippen LogP contribution in [0.4, 0.5) is 0 Å². The fraction of sp³-hybridized carbons (Fsp3) is 0.176. The van der Waals surface area contributed by atoms with Gasteiger partial charge < -0.3 is 9.88 Å². The topological polar surface area (TPSA) is 51.9 Å². The molecule has 2 aromatic heterocycles. The standard InChI is InChI=1S/C17H17ClN4O/c1-12(20-17(23)16-15(18)11-19-21(16)2)13-5-7-14(8-6-13)22-9-3-4-10-22/h3-12H,1-2H3,(H,20,23). The minimum atomic E-state index is -0.239. The minimum absolute atomic E-state index is 0.132. The zero-order valence-electron chi connectivity index (χ0n) is 12.9. The number of hydrogen-bond donors (Lipinski definition) is 1. The van der Waals surface area contributed by atoms with Gasteiger partial charge in [0, 0.05) is 25.1 Å². The van der Waals surface area contributed by atoms with Crippen LogP contribution in [0.2, 0.25) is 5.02 Å². The van der Waals surface area contributed by atoms with E-state index in [1.54, 1.807) is 7.05 Å². The number of nitrogens with zero attached hydrogens (tertiary/aromatic N) is 3.